The van der Waals surface area contributed by atoms with E-state index in [0.717, 1.165) is 4.44 Å². The van der Waals surface area contributed by atoms with Crippen LogP contribution >= 0.6 is 0 Å². The monoisotopic (exact) mass is 390 g/mol. The predicted molar refractivity (Wildman–Crippen MR) is 88.5 cm³/mol. The number of hydrogen-bond donors (Lipinski definition) is 0. The normalized spacial score (nSPS) is 11.6. The number of carbonyl (C=O) groups is 1. The van der Waals surface area contributed by atoms with Gasteiger partial charge in [0.05, 0.1) is 0 Å². The average molecular weight is 389 g/mol. The van der Waals surface area contributed by atoms with Crippen molar-refractivity contribution in [3.05, 3.63) is 0 Å². The van der Waals surface area contributed by atoms with Gasteiger partial charge in [0.2, 0.25) is 0 Å². The number of esters is 1. The summed E-state index contributed by atoms with van der Waals surface area (Å²) < 4.78 is 6.48. The summed E-state index contributed by atoms with van der Waals surface area (Å²) in [6.45, 7) is 9.27. The molecule has 2 nitrogen and oxygen atoms in total. The molecule has 20 heavy (non-hydrogen) atoms. The zero-order chi connectivity index (χ0) is 15.3. The minimum absolute atomic E-state index is 0.0629. The van der Waals surface area contributed by atoms with Crippen LogP contribution in [-0.4, -0.2) is 33.7 Å². The van der Waals surface area contributed by atoms with Crippen LogP contribution in [0, 0.1) is 0 Å². The van der Waals surface area contributed by atoms with Crippen LogP contribution in [0.2, 0.25) is 7.87 Å². The molecule has 0 saturated heterocycles. The zero-order valence-corrected chi connectivity index (χ0v) is 16.9. The summed E-state index contributed by atoms with van der Waals surface area (Å²) in [5.74, 6) is 0.0629. The van der Waals surface area contributed by atoms with E-state index in [1.807, 2.05) is 6.92 Å². The van der Waals surface area contributed by atoms with Crippen LogP contribution < -0.4 is 0 Å². The van der Waals surface area contributed by atoms with E-state index in [9.17, 15) is 4.79 Å². The second-order valence-electron chi connectivity index (χ2n) is 5.75. The van der Waals surface area contributed by atoms with Crippen LogP contribution in [0.5, 0.6) is 0 Å². The first-order chi connectivity index (χ1) is 9.64. The van der Waals surface area contributed by atoms with E-state index in [4.69, 9.17) is 4.74 Å². The maximum atomic E-state index is 11.7. The molecule has 0 aromatic rings. The Bertz CT molecular complexity index is 219. The van der Waals surface area contributed by atoms with Crippen molar-refractivity contribution in [3.63, 3.8) is 0 Å². The van der Waals surface area contributed by atoms with E-state index in [2.05, 4.69) is 20.8 Å². The van der Waals surface area contributed by atoms with Crippen LogP contribution in [0.15, 0.2) is 0 Å². The number of unbranched alkanes of at least 4 members (excludes halogenated alkanes) is 3. The zero-order valence-electron chi connectivity index (χ0n) is 14.1. The molecule has 0 bridgehead atoms. The Morgan fingerprint density at radius 2 is 1.35 bits per heavy atom. The number of rotatable bonds is 13. The van der Waals surface area contributed by atoms with Crippen molar-refractivity contribution in [1.82, 2.24) is 0 Å². The van der Waals surface area contributed by atoms with Gasteiger partial charge in [0, 0.05) is 0 Å². The molecule has 0 aliphatic rings. The van der Waals surface area contributed by atoms with Gasteiger partial charge in [0.1, 0.15) is 0 Å². The third-order valence-corrected chi connectivity index (χ3v) is 9.55. The van der Waals surface area contributed by atoms with E-state index in [0.29, 0.717) is 10.0 Å². The molecule has 0 fully saturated rings. The quantitative estimate of drug-likeness (QED) is 0.311. The molecule has 2 radical (unpaired) electrons. The van der Waals surface area contributed by atoms with Crippen molar-refractivity contribution >= 4 is 27.1 Å². The van der Waals surface area contributed by atoms with E-state index in [-0.39, 0.29) is 5.97 Å². The Kier molecular flexibility index (Phi) is 13.1. The van der Waals surface area contributed by atoms with Gasteiger partial charge < -0.3 is 0 Å². The summed E-state index contributed by atoms with van der Waals surface area (Å²) in [6.07, 6.45) is 11.9. The van der Waals surface area contributed by atoms with Crippen molar-refractivity contribution in [2.24, 2.45) is 0 Å². The van der Waals surface area contributed by atoms with Gasteiger partial charge in [0.15, 0.2) is 0 Å². The standard InChI is InChI=1S/C13H27.C4H7O2.Sn/c1-4-7-10-13(11-8-5-2)12-9-6-3;1-3-6-4(2)5;/h4-12H2,1-3H3;2-3H2,1H3;. The fraction of sp³-hybridized carbons (Fsp3) is 0.941. The Hall–Kier alpha value is 0.269. The molecule has 0 N–H and O–H groups in total. The summed E-state index contributed by atoms with van der Waals surface area (Å²) in [5, 5.41) is 0. The van der Waals surface area contributed by atoms with Crippen LogP contribution in [-0.2, 0) is 9.53 Å². The minimum atomic E-state index is -0.699. The Balaban J connectivity index is 4.60. The molecule has 0 unspecified atom stereocenters. The van der Waals surface area contributed by atoms with Gasteiger partial charge in [-0.05, 0) is 0 Å². The Morgan fingerprint density at radius 3 is 1.70 bits per heavy atom. The third kappa shape index (κ3) is 9.25. The first-order valence-corrected chi connectivity index (χ1v) is 12.0. The van der Waals surface area contributed by atoms with Crippen molar-refractivity contribution in [2.75, 3.05) is 6.61 Å². The molecule has 0 aromatic heterocycles. The average Bonchev–Trinajstić information content (AvgIpc) is 2.46. The van der Waals surface area contributed by atoms with E-state index in [1.165, 1.54) is 57.8 Å². The third-order valence-electron chi connectivity index (χ3n) is 3.94. The molecular weight excluding hydrogens is 355 g/mol. The second kappa shape index (κ2) is 13.0. The molecule has 0 heterocycles. The van der Waals surface area contributed by atoms with Gasteiger partial charge in [-0.3, -0.25) is 0 Å². The molecule has 3 heteroatoms. The van der Waals surface area contributed by atoms with Crippen molar-refractivity contribution in [1.29, 1.82) is 0 Å². The fourth-order valence-corrected chi connectivity index (χ4v) is 7.46. The molecular formula is C17H34O2Sn. The number of hydrogen-bond acceptors (Lipinski definition) is 2. The summed E-state index contributed by atoms with van der Waals surface area (Å²) >= 11 is -0.699. The van der Waals surface area contributed by atoms with Crippen LogP contribution in [0.25, 0.3) is 0 Å². The molecule has 0 spiro atoms. The molecule has 0 aliphatic carbocycles. The van der Waals surface area contributed by atoms with Gasteiger partial charge in [-0.2, -0.15) is 0 Å². The van der Waals surface area contributed by atoms with Gasteiger partial charge in [0.25, 0.3) is 0 Å². The topological polar surface area (TPSA) is 26.3 Å². The van der Waals surface area contributed by atoms with Gasteiger partial charge >= 0.3 is 137 Å². The van der Waals surface area contributed by atoms with Gasteiger partial charge in [-0.15, -0.1) is 0 Å². The van der Waals surface area contributed by atoms with E-state index in [1.54, 1.807) is 0 Å². The maximum absolute atomic E-state index is 11.7. The van der Waals surface area contributed by atoms with Gasteiger partial charge in [-0.25, -0.2) is 0 Å². The Morgan fingerprint density at radius 1 is 0.900 bits per heavy atom. The SMILES string of the molecule is CCCC[C](CCCC)(CCCC)[Sn][CH2]C(=O)OCC. The summed E-state index contributed by atoms with van der Waals surface area (Å²) in [7, 11) is 0. The van der Waals surface area contributed by atoms with Gasteiger partial charge in [-0.1, -0.05) is 0 Å². The first-order valence-electron chi connectivity index (χ1n) is 8.54. The van der Waals surface area contributed by atoms with Crippen LogP contribution in [0.1, 0.15) is 85.5 Å². The number of ether oxygens (including phenoxy) is 1. The first kappa shape index (κ1) is 20.3. The van der Waals surface area contributed by atoms with Crippen molar-refractivity contribution in [3.8, 4) is 0 Å². The predicted octanol–water partition coefficient (Wildman–Crippen LogP) is 5.40. The fourth-order valence-electron chi connectivity index (χ4n) is 2.66. The second-order valence-corrected chi connectivity index (χ2v) is 10.8. The molecule has 0 aromatic carbocycles. The summed E-state index contributed by atoms with van der Waals surface area (Å²) in [5.41, 5.74) is 0. The molecule has 0 amide bonds. The molecule has 0 rings (SSSR count). The van der Waals surface area contributed by atoms with Crippen LogP contribution in [0.4, 0.5) is 0 Å². The van der Waals surface area contributed by atoms with E-state index >= 15 is 0 Å². The van der Waals surface area contributed by atoms with E-state index < -0.39 is 21.1 Å². The molecule has 0 aliphatic heterocycles. The molecule has 0 saturated carbocycles. The summed E-state index contributed by atoms with van der Waals surface area (Å²) in [4.78, 5) is 11.7. The summed E-state index contributed by atoms with van der Waals surface area (Å²) in [6, 6.07) is 0. The molecule has 118 valence electrons. The number of carbonyl (C=O) groups excluding carboxylic acids is 1. The van der Waals surface area contributed by atoms with Crippen molar-refractivity contribution in [2.45, 2.75) is 93.3 Å². The molecule has 0 atom stereocenters. The van der Waals surface area contributed by atoms with Crippen molar-refractivity contribution < 1.29 is 9.53 Å². The Labute approximate surface area is 136 Å². The van der Waals surface area contributed by atoms with Crippen LogP contribution in [0.3, 0.4) is 0 Å².